The van der Waals surface area contributed by atoms with Gasteiger partial charge in [0, 0.05) is 23.2 Å². The van der Waals surface area contributed by atoms with E-state index in [0.29, 0.717) is 28.1 Å². The molecule has 0 aliphatic carbocycles. The molecular formula is C18H12F3N3O2. The van der Waals surface area contributed by atoms with Gasteiger partial charge in [0.2, 0.25) is 0 Å². The van der Waals surface area contributed by atoms with E-state index in [-0.39, 0.29) is 11.1 Å². The van der Waals surface area contributed by atoms with Gasteiger partial charge in [-0.05, 0) is 24.3 Å². The first-order chi connectivity index (χ1) is 12.4. The standard InChI is InChI=1S/C18H12F3N3O2/c1-26-12-4-2-3-11(8-12)24-17(25)14-9-22-15-7-10(18(19,20)21)5-6-13(15)16(14)23-24/h2-9,22H,1H3. The number of methoxy groups -OCH3 is 1. The van der Waals surface area contributed by atoms with Crippen LogP contribution in [0.5, 0.6) is 5.75 Å². The average molecular weight is 359 g/mol. The molecule has 0 bridgehead atoms. The molecule has 0 saturated heterocycles. The van der Waals surface area contributed by atoms with Gasteiger partial charge in [-0.2, -0.15) is 23.0 Å². The van der Waals surface area contributed by atoms with Crippen molar-refractivity contribution in [3.63, 3.8) is 0 Å². The first-order valence-electron chi connectivity index (χ1n) is 7.64. The number of fused-ring (bicyclic) bond motifs is 3. The molecule has 0 aromatic heterocycles. The number of aromatic nitrogens is 3. The summed E-state index contributed by atoms with van der Waals surface area (Å²) in [4.78, 5) is 15.4. The smallest absolute Gasteiger partial charge is 0.416 e. The van der Waals surface area contributed by atoms with Gasteiger partial charge in [0.1, 0.15) is 11.4 Å². The second kappa shape index (κ2) is 5.62. The predicted molar refractivity (Wildman–Crippen MR) is 89.9 cm³/mol. The van der Waals surface area contributed by atoms with Crippen molar-refractivity contribution < 1.29 is 17.9 Å². The lowest BCUT2D eigenvalue weighted by Gasteiger charge is -2.08. The van der Waals surface area contributed by atoms with Crippen molar-refractivity contribution in [1.29, 1.82) is 0 Å². The number of hydrogen-bond acceptors (Lipinski definition) is 3. The Morgan fingerprint density at radius 1 is 1.15 bits per heavy atom. The van der Waals surface area contributed by atoms with E-state index in [1.807, 2.05) is 0 Å². The molecule has 4 rings (SSSR count). The van der Waals surface area contributed by atoms with Gasteiger partial charge in [-0.1, -0.05) is 12.1 Å². The number of nitrogens with zero attached hydrogens (tertiary/aromatic N) is 2. The summed E-state index contributed by atoms with van der Waals surface area (Å²) in [7, 11) is 1.51. The maximum atomic E-state index is 12.9. The summed E-state index contributed by atoms with van der Waals surface area (Å²) in [6, 6.07) is 10.1. The molecule has 132 valence electrons. The number of rotatable bonds is 2. The van der Waals surface area contributed by atoms with Crippen molar-refractivity contribution >= 4 is 10.9 Å². The molecule has 5 nitrogen and oxygen atoms in total. The molecule has 0 fully saturated rings. The van der Waals surface area contributed by atoms with Gasteiger partial charge in [-0.3, -0.25) is 4.79 Å². The topological polar surface area (TPSA) is 59.9 Å². The highest BCUT2D eigenvalue weighted by Gasteiger charge is 2.31. The lowest BCUT2D eigenvalue weighted by Crippen LogP contribution is -2.14. The quantitative estimate of drug-likeness (QED) is 0.591. The molecule has 0 unspecified atom stereocenters. The Kier molecular flexibility index (Phi) is 3.50. The van der Waals surface area contributed by atoms with Crippen LogP contribution in [0.15, 0.2) is 53.5 Å². The van der Waals surface area contributed by atoms with E-state index in [0.717, 1.165) is 12.1 Å². The van der Waals surface area contributed by atoms with Crippen LogP contribution >= 0.6 is 0 Å². The first kappa shape index (κ1) is 16.2. The van der Waals surface area contributed by atoms with E-state index in [4.69, 9.17) is 4.74 Å². The molecule has 0 spiro atoms. The molecule has 2 aromatic rings. The van der Waals surface area contributed by atoms with Crippen molar-refractivity contribution in [2.75, 3.05) is 7.11 Å². The molecule has 0 saturated carbocycles. The molecule has 26 heavy (non-hydrogen) atoms. The maximum absolute atomic E-state index is 12.9. The molecular weight excluding hydrogens is 347 g/mol. The van der Waals surface area contributed by atoms with E-state index < -0.39 is 11.7 Å². The molecule has 2 aliphatic rings. The fourth-order valence-corrected chi connectivity index (χ4v) is 2.86. The first-order valence-corrected chi connectivity index (χ1v) is 7.64. The number of pyridine rings is 1. The Labute approximate surface area is 145 Å². The molecule has 2 aliphatic heterocycles. The van der Waals surface area contributed by atoms with E-state index >= 15 is 0 Å². The minimum atomic E-state index is -4.44. The summed E-state index contributed by atoms with van der Waals surface area (Å²) in [5.41, 5.74) is 0.245. The summed E-state index contributed by atoms with van der Waals surface area (Å²) in [6.07, 6.45) is -3.07. The van der Waals surface area contributed by atoms with Gasteiger partial charge >= 0.3 is 6.18 Å². The van der Waals surface area contributed by atoms with Gasteiger partial charge in [-0.25, -0.2) is 0 Å². The molecule has 0 radical (unpaired) electrons. The van der Waals surface area contributed by atoms with E-state index in [1.54, 1.807) is 24.3 Å². The highest BCUT2D eigenvalue weighted by Crippen LogP contribution is 2.33. The predicted octanol–water partition coefficient (Wildman–Crippen LogP) is 3.85. The number of halogens is 3. The largest absolute Gasteiger partial charge is 0.497 e. The van der Waals surface area contributed by atoms with Crippen LogP contribution in [0.25, 0.3) is 27.8 Å². The molecule has 2 aromatic carbocycles. The minimum Gasteiger partial charge on any atom is -0.497 e. The highest BCUT2D eigenvalue weighted by molar-refractivity contribution is 5.93. The van der Waals surface area contributed by atoms with Crippen LogP contribution in [0, 0.1) is 0 Å². The Balaban J connectivity index is 1.95. The minimum absolute atomic E-state index is 0.252. The summed E-state index contributed by atoms with van der Waals surface area (Å²) >= 11 is 0. The van der Waals surface area contributed by atoms with Crippen LogP contribution in [0.4, 0.5) is 13.2 Å². The third kappa shape index (κ3) is 2.50. The molecule has 1 N–H and O–H groups in total. The summed E-state index contributed by atoms with van der Waals surface area (Å²) < 4.78 is 45.0. The number of aromatic amines is 1. The van der Waals surface area contributed by atoms with Crippen LogP contribution in [0.2, 0.25) is 0 Å². The van der Waals surface area contributed by atoms with Crippen molar-refractivity contribution in [3.05, 3.63) is 64.6 Å². The van der Waals surface area contributed by atoms with Crippen molar-refractivity contribution in [3.8, 4) is 22.7 Å². The molecule has 0 amide bonds. The third-order valence-corrected chi connectivity index (χ3v) is 4.15. The maximum Gasteiger partial charge on any atom is 0.416 e. The average Bonchev–Trinajstić information content (AvgIpc) is 2.97. The Bertz CT molecular complexity index is 1140. The molecule has 8 heteroatoms. The lowest BCUT2D eigenvalue weighted by molar-refractivity contribution is -0.137. The van der Waals surface area contributed by atoms with E-state index in [1.165, 1.54) is 24.1 Å². The van der Waals surface area contributed by atoms with Gasteiger partial charge < -0.3 is 9.72 Å². The monoisotopic (exact) mass is 359 g/mol. The zero-order valence-electron chi connectivity index (χ0n) is 13.5. The summed E-state index contributed by atoms with van der Waals surface area (Å²) in [5.74, 6) is 0.563. The third-order valence-electron chi connectivity index (χ3n) is 4.15. The lowest BCUT2D eigenvalue weighted by atomic mass is 10.1. The van der Waals surface area contributed by atoms with Crippen LogP contribution in [0.3, 0.4) is 0 Å². The summed E-state index contributed by atoms with van der Waals surface area (Å²) in [5, 5.41) is 4.76. The Morgan fingerprint density at radius 3 is 2.69 bits per heavy atom. The van der Waals surface area contributed by atoms with Crippen molar-refractivity contribution in [2.24, 2.45) is 0 Å². The van der Waals surface area contributed by atoms with Crippen LogP contribution < -0.4 is 10.3 Å². The van der Waals surface area contributed by atoms with Gasteiger partial charge in [0.05, 0.1) is 23.9 Å². The van der Waals surface area contributed by atoms with Crippen molar-refractivity contribution in [1.82, 2.24) is 14.8 Å². The Morgan fingerprint density at radius 2 is 1.96 bits per heavy atom. The zero-order chi connectivity index (χ0) is 18.5. The van der Waals surface area contributed by atoms with Gasteiger partial charge in [0.15, 0.2) is 0 Å². The second-order valence-electron chi connectivity index (χ2n) is 5.73. The van der Waals surface area contributed by atoms with Gasteiger partial charge in [0.25, 0.3) is 5.56 Å². The number of alkyl halides is 3. The number of H-pyrrole nitrogens is 1. The van der Waals surface area contributed by atoms with Crippen LogP contribution in [0.1, 0.15) is 5.56 Å². The van der Waals surface area contributed by atoms with Gasteiger partial charge in [-0.15, -0.1) is 0 Å². The highest BCUT2D eigenvalue weighted by atomic mass is 19.4. The number of nitrogens with one attached hydrogen (secondary N) is 1. The number of hydrogen-bond donors (Lipinski definition) is 1. The summed E-state index contributed by atoms with van der Waals surface area (Å²) in [6.45, 7) is 0. The fraction of sp³-hybridized carbons (Fsp3) is 0.111. The zero-order valence-corrected chi connectivity index (χ0v) is 13.5. The van der Waals surface area contributed by atoms with Crippen molar-refractivity contribution in [2.45, 2.75) is 6.18 Å². The fourth-order valence-electron chi connectivity index (χ4n) is 2.86. The molecule has 2 heterocycles. The number of ether oxygens (including phenoxy) is 1. The van der Waals surface area contributed by atoms with Crippen LogP contribution in [-0.2, 0) is 6.18 Å². The normalized spacial score (nSPS) is 12.0. The molecule has 0 atom stereocenters. The number of benzene rings is 2. The Hall–Kier alpha value is -3.29. The van der Waals surface area contributed by atoms with E-state index in [9.17, 15) is 18.0 Å². The van der Waals surface area contributed by atoms with Crippen LogP contribution in [-0.4, -0.2) is 21.9 Å². The second-order valence-corrected chi connectivity index (χ2v) is 5.73. The van der Waals surface area contributed by atoms with E-state index in [2.05, 4.69) is 10.1 Å². The SMILES string of the molecule is COc1cccc(-n2nc3c4ccc(C(F)(F)F)cc4[nH]cc-3c2=O)c1.